The van der Waals surface area contributed by atoms with Gasteiger partial charge in [0.2, 0.25) is 0 Å². The van der Waals surface area contributed by atoms with Crippen molar-refractivity contribution in [2.45, 2.75) is 69.6 Å². The monoisotopic (exact) mass is 452 g/mol. The first-order valence-corrected chi connectivity index (χ1v) is 10.7. The highest BCUT2D eigenvalue weighted by molar-refractivity contribution is 5.85. The summed E-state index contributed by atoms with van der Waals surface area (Å²) >= 11 is 0. The lowest BCUT2D eigenvalue weighted by Crippen LogP contribution is -2.35. The first-order valence-electron chi connectivity index (χ1n) is 10.7. The van der Waals surface area contributed by atoms with Gasteiger partial charge in [0, 0.05) is 36.2 Å². The van der Waals surface area contributed by atoms with Crippen LogP contribution in [0.3, 0.4) is 0 Å². The van der Waals surface area contributed by atoms with Crippen molar-refractivity contribution in [2.75, 3.05) is 0 Å². The van der Waals surface area contributed by atoms with Crippen molar-refractivity contribution < 1.29 is 18.0 Å². The first-order chi connectivity index (χ1) is 14.3. The molecule has 168 valence electrons. The van der Waals surface area contributed by atoms with Crippen LogP contribution in [-0.2, 0) is 11.0 Å². The van der Waals surface area contributed by atoms with E-state index in [0.29, 0.717) is 41.6 Å². The summed E-state index contributed by atoms with van der Waals surface area (Å²) in [6.07, 6.45) is 3.69. The van der Waals surface area contributed by atoms with Crippen molar-refractivity contribution in [1.82, 2.24) is 10.3 Å². The third-order valence-corrected chi connectivity index (χ3v) is 6.36. The van der Waals surface area contributed by atoms with E-state index < -0.39 is 11.7 Å². The quantitative estimate of drug-likeness (QED) is 0.569. The van der Waals surface area contributed by atoms with Crippen LogP contribution in [0.5, 0.6) is 0 Å². The maximum atomic E-state index is 12.9. The van der Waals surface area contributed by atoms with Crippen molar-refractivity contribution in [3.05, 3.63) is 53.7 Å². The van der Waals surface area contributed by atoms with E-state index in [1.54, 1.807) is 19.2 Å². The van der Waals surface area contributed by atoms with Gasteiger partial charge in [0.05, 0.1) is 11.3 Å². The van der Waals surface area contributed by atoms with Gasteiger partial charge < -0.3 is 10.1 Å². The number of carbonyl (C=O) groups is 1. The zero-order valence-electron chi connectivity index (χ0n) is 17.5. The molecule has 1 aromatic heterocycles. The summed E-state index contributed by atoms with van der Waals surface area (Å²) < 4.78 is 38.8. The van der Waals surface area contributed by atoms with E-state index in [2.05, 4.69) is 10.3 Å². The molecule has 1 aromatic carbocycles. The molecule has 2 aromatic rings. The largest absolute Gasteiger partial charge is 0.416 e. The Morgan fingerprint density at radius 1 is 1.13 bits per heavy atom. The molecule has 0 bridgehead atoms. The van der Waals surface area contributed by atoms with E-state index >= 15 is 0 Å². The van der Waals surface area contributed by atoms with E-state index in [0.717, 1.165) is 49.8 Å². The van der Waals surface area contributed by atoms with Gasteiger partial charge in [-0.3, -0.25) is 4.98 Å². The number of carbonyl (C=O) groups excluding carboxylic acids is 1. The maximum absolute atomic E-state index is 12.9. The first kappa shape index (κ1) is 23.7. The fourth-order valence-corrected chi connectivity index (χ4v) is 4.64. The third kappa shape index (κ3) is 6.07. The minimum Gasteiger partial charge on any atom is -0.311 e. The highest BCUT2D eigenvalue weighted by atomic mass is 35.5. The second kappa shape index (κ2) is 9.70. The topological polar surface area (TPSA) is 42.0 Å². The lowest BCUT2D eigenvalue weighted by atomic mass is 9.83. The van der Waals surface area contributed by atoms with Crippen LogP contribution in [0.1, 0.15) is 62.5 Å². The van der Waals surface area contributed by atoms with Crippen LogP contribution < -0.4 is 5.32 Å². The highest BCUT2D eigenvalue weighted by Gasteiger charge is 2.40. The Kier molecular flexibility index (Phi) is 7.43. The molecule has 0 spiro atoms. The van der Waals surface area contributed by atoms with Gasteiger partial charge in [-0.15, -0.1) is 12.4 Å². The normalized spacial score (nSPS) is 25.5. The second-order valence-electron chi connectivity index (χ2n) is 8.79. The van der Waals surface area contributed by atoms with Gasteiger partial charge >= 0.3 is 6.18 Å². The summed E-state index contributed by atoms with van der Waals surface area (Å²) in [6.45, 7) is 1.67. The molecule has 31 heavy (non-hydrogen) atoms. The van der Waals surface area contributed by atoms with E-state index in [4.69, 9.17) is 0 Å². The van der Waals surface area contributed by atoms with Gasteiger partial charge in [0.15, 0.2) is 0 Å². The summed E-state index contributed by atoms with van der Waals surface area (Å²) in [5, 5.41) is 3.75. The van der Waals surface area contributed by atoms with E-state index in [-0.39, 0.29) is 18.2 Å². The Bertz CT molecular complexity index is 892. The van der Waals surface area contributed by atoms with Crippen molar-refractivity contribution >= 4 is 18.2 Å². The fourth-order valence-electron chi connectivity index (χ4n) is 4.64. The number of Topliss-reactive ketones (excluding diaryl/α,β-unsaturated/α-hetero) is 1. The average Bonchev–Trinajstić information content (AvgIpc) is 3.48. The maximum Gasteiger partial charge on any atom is 0.416 e. The van der Waals surface area contributed by atoms with Crippen molar-refractivity contribution in [3.8, 4) is 11.3 Å². The number of alkyl halides is 3. The molecule has 3 nitrogen and oxygen atoms in total. The summed E-state index contributed by atoms with van der Waals surface area (Å²) in [4.78, 5) is 15.7. The summed E-state index contributed by atoms with van der Waals surface area (Å²) in [5.41, 5.74) is 1.51. The molecular formula is C24H28ClF3N2O. The third-order valence-electron chi connectivity index (χ3n) is 6.36. The summed E-state index contributed by atoms with van der Waals surface area (Å²) in [5.74, 6) is 1.25. The zero-order chi connectivity index (χ0) is 21.3. The predicted octanol–water partition coefficient (Wildman–Crippen LogP) is 6.17. The van der Waals surface area contributed by atoms with Crippen molar-refractivity contribution in [3.63, 3.8) is 0 Å². The molecule has 2 saturated carbocycles. The van der Waals surface area contributed by atoms with E-state index in [1.807, 2.05) is 12.1 Å². The molecule has 0 aliphatic heterocycles. The second-order valence-corrected chi connectivity index (χ2v) is 8.79. The number of hydrogen-bond acceptors (Lipinski definition) is 3. The van der Waals surface area contributed by atoms with Gasteiger partial charge in [0.25, 0.3) is 0 Å². The molecule has 7 heteroatoms. The van der Waals surface area contributed by atoms with Crippen LogP contribution in [-0.4, -0.2) is 22.9 Å². The Morgan fingerprint density at radius 2 is 1.87 bits per heavy atom. The van der Waals surface area contributed by atoms with Crippen LogP contribution in [0.4, 0.5) is 13.2 Å². The lowest BCUT2D eigenvalue weighted by Gasteiger charge is -2.29. The molecule has 1 N–H and O–H groups in total. The Hall–Kier alpha value is -1.92. The number of hydrogen-bond donors (Lipinski definition) is 1. The Labute approximate surface area is 187 Å². The standard InChI is InChI=1S/C24H27F3N2O.ClH/c1-15(30)11-16-5-8-20(9-6-16)29-23-13-21(23)18-7-10-22(28-14-18)17-3-2-4-19(12-17)24(25,26)27;/h2-4,7,10,12,14,16,20-21,23,29H,5-6,8-9,11,13H2,1H3;1H/t16?,20?,21-,23+;/m1./s1. The Balaban J connectivity index is 0.00000272. The summed E-state index contributed by atoms with van der Waals surface area (Å²) in [7, 11) is 0. The molecule has 0 unspecified atom stereocenters. The van der Waals surface area contributed by atoms with Crippen molar-refractivity contribution in [2.24, 2.45) is 5.92 Å². The predicted molar refractivity (Wildman–Crippen MR) is 117 cm³/mol. The van der Waals surface area contributed by atoms with Crippen molar-refractivity contribution in [1.29, 1.82) is 0 Å². The van der Waals surface area contributed by atoms with Crippen LogP contribution in [0.15, 0.2) is 42.6 Å². The van der Waals surface area contributed by atoms with E-state index in [9.17, 15) is 18.0 Å². The van der Waals surface area contributed by atoms with Gasteiger partial charge in [-0.05, 0) is 68.7 Å². The molecule has 2 aliphatic rings. The highest BCUT2D eigenvalue weighted by Crippen LogP contribution is 2.42. The molecule has 0 saturated heterocycles. The van der Waals surface area contributed by atoms with Crippen LogP contribution >= 0.6 is 12.4 Å². The van der Waals surface area contributed by atoms with Crippen LogP contribution in [0.25, 0.3) is 11.3 Å². The number of ketones is 1. The molecule has 4 rings (SSSR count). The molecule has 1 heterocycles. The zero-order valence-corrected chi connectivity index (χ0v) is 18.3. The molecular weight excluding hydrogens is 425 g/mol. The number of nitrogens with zero attached hydrogens (tertiary/aromatic N) is 1. The van der Waals surface area contributed by atoms with Crippen LogP contribution in [0, 0.1) is 5.92 Å². The van der Waals surface area contributed by atoms with Gasteiger partial charge in [-0.1, -0.05) is 18.2 Å². The minimum atomic E-state index is -4.35. The summed E-state index contributed by atoms with van der Waals surface area (Å²) in [6, 6.07) is 10.0. The molecule has 0 amide bonds. The van der Waals surface area contributed by atoms with Crippen LogP contribution in [0.2, 0.25) is 0 Å². The smallest absolute Gasteiger partial charge is 0.311 e. The fraction of sp³-hybridized carbons (Fsp3) is 0.500. The Morgan fingerprint density at radius 3 is 2.48 bits per heavy atom. The minimum absolute atomic E-state index is 0. The SMILES string of the molecule is CC(=O)CC1CCC(N[C@H]2C[C@@H]2c2ccc(-c3cccc(C(F)(F)F)c3)nc2)CC1.Cl. The number of nitrogens with one attached hydrogen (secondary N) is 1. The van der Waals surface area contributed by atoms with Gasteiger partial charge in [-0.25, -0.2) is 0 Å². The molecule has 2 aliphatic carbocycles. The number of aromatic nitrogens is 1. The average molecular weight is 453 g/mol. The molecule has 0 radical (unpaired) electrons. The number of rotatable bonds is 6. The van der Waals surface area contributed by atoms with E-state index in [1.165, 1.54) is 6.07 Å². The van der Waals surface area contributed by atoms with Gasteiger partial charge in [0.1, 0.15) is 5.78 Å². The lowest BCUT2D eigenvalue weighted by molar-refractivity contribution is -0.137. The van der Waals surface area contributed by atoms with Gasteiger partial charge in [-0.2, -0.15) is 13.2 Å². The number of pyridine rings is 1. The molecule has 2 fully saturated rings. The number of halogens is 4. The number of benzene rings is 1. The molecule has 2 atom stereocenters.